The monoisotopic (exact) mass is 246 g/mol. The van der Waals surface area contributed by atoms with Crippen molar-refractivity contribution < 1.29 is 4.79 Å². The van der Waals surface area contributed by atoms with E-state index in [0.717, 1.165) is 31.5 Å². The molecule has 18 heavy (non-hydrogen) atoms. The fraction of sp³-hybridized carbons (Fsp3) is 0.533. The molecule has 1 atom stereocenters. The van der Waals surface area contributed by atoms with E-state index in [2.05, 4.69) is 13.8 Å². The molecule has 3 nitrogen and oxygen atoms in total. The van der Waals surface area contributed by atoms with E-state index in [-0.39, 0.29) is 5.91 Å². The zero-order chi connectivity index (χ0) is 13.2. The minimum atomic E-state index is -0.521. The Bertz CT molecular complexity index is 404. The van der Waals surface area contributed by atoms with E-state index in [1.807, 2.05) is 35.2 Å². The quantitative estimate of drug-likeness (QED) is 0.870. The summed E-state index contributed by atoms with van der Waals surface area (Å²) in [6, 6.07) is 9.08. The van der Waals surface area contributed by atoms with Crippen molar-refractivity contribution in [1.29, 1.82) is 0 Å². The van der Waals surface area contributed by atoms with Crippen LogP contribution in [0.5, 0.6) is 0 Å². The Morgan fingerprint density at radius 2 is 1.78 bits per heavy atom. The van der Waals surface area contributed by atoms with Crippen LogP contribution in [0.4, 0.5) is 0 Å². The van der Waals surface area contributed by atoms with Crippen LogP contribution < -0.4 is 5.73 Å². The van der Waals surface area contributed by atoms with E-state index < -0.39 is 6.04 Å². The molecule has 0 aliphatic carbocycles. The molecule has 0 radical (unpaired) electrons. The van der Waals surface area contributed by atoms with Crippen LogP contribution in [0.3, 0.4) is 0 Å². The van der Waals surface area contributed by atoms with Crippen molar-refractivity contribution in [2.75, 3.05) is 13.1 Å². The number of carbonyl (C=O) groups excluding carboxylic acids is 1. The maximum Gasteiger partial charge on any atom is 0.244 e. The highest BCUT2D eigenvalue weighted by Crippen LogP contribution is 2.30. The maximum absolute atomic E-state index is 12.3. The lowest BCUT2D eigenvalue weighted by molar-refractivity contribution is -0.134. The van der Waals surface area contributed by atoms with E-state index in [1.165, 1.54) is 0 Å². The number of hydrogen-bond acceptors (Lipinski definition) is 2. The number of piperidine rings is 1. The Labute approximate surface area is 109 Å². The van der Waals surface area contributed by atoms with Crippen molar-refractivity contribution >= 4 is 5.91 Å². The lowest BCUT2D eigenvalue weighted by Gasteiger charge is -2.37. The molecule has 1 aliphatic rings. The summed E-state index contributed by atoms with van der Waals surface area (Å²) in [6.45, 7) is 6.16. The predicted molar refractivity (Wildman–Crippen MR) is 73.0 cm³/mol. The van der Waals surface area contributed by atoms with Gasteiger partial charge < -0.3 is 10.6 Å². The normalized spacial score (nSPS) is 20.5. The highest BCUT2D eigenvalue weighted by Gasteiger charge is 2.30. The lowest BCUT2D eigenvalue weighted by atomic mass is 9.82. The number of amides is 1. The van der Waals surface area contributed by atoms with Gasteiger partial charge in [-0.05, 0) is 23.8 Å². The molecule has 0 saturated carbocycles. The average Bonchev–Trinajstić information content (AvgIpc) is 2.38. The molecule has 1 amide bonds. The van der Waals surface area contributed by atoms with Crippen molar-refractivity contribution in [2.24, 2.45) is 11.1 Å². The van der Waals surface area contributed by atoms with Crippen LogP contribution in [-0.4, -0.2) is 23.9 Å². The molecular weight excluding hydrogens is 224 g/mol. The molecule has 1 unspecified atom stereocenters. The molecule has 2 N–H and O–H groups in total. The summed E-state index contributed by atoms with van der Waals surface area (Å²) in [5.74, 6) is 0.0525. The van der Waals surface area contributed by atoms with Gasteiger partial charge in [0, 0.05) is 13.1 Å². The van der Waals surface area contributed by atoms with E-state index in [9.17, 15) is 4.79 Å². The molecule has 0 aromatic heterocycles. The average molecular weight is 246 g/mol. The minimum absolute atomic E-state index is 0.0525. The van der Waals surface area contributed by atoms with E-state index in [4.69, 9.17) is 5.73 Å². The summed E-state index contributed by atoms with van der Waals surface area (Å²) in [7, 11) is 0. The first-order chi connectivity index (χ1) is 8.49. The molecule has 1 fully saturated rings. The highest BCUT2D eigenvalue weighted by molar-refractivity contribution is 5.83. The largest absolute Gasteiger partial charge is 0.341 e. The molecule has 3 heteroatoms. The third-order valence-electron chi connectivity index (χ3n) is 3.85. The molecule has 0 spiro atoms. The Morgan fingerprint density at radius 3 is 2.33 bits per heavy atom. The molecule has 98 valence electrons. The highest BCUT2D eigenvalue weighted by atomic mass is 16.2. The van der Waals surface area contributed by atoms with Crippen LogP contribution in [-0.2, 0) is 4.79 Å². The molecule has 1 saturated heterocycles. The van der Waals surface area contributed by atoms with Crippen molar-refractivity contribution in [2.45, 2.75) is 32.7 Å². The van der Waals surface area contributed by atoms with Gasteiger partial charge in [0.15, 0.2) is 0 Å². The minimum Gasteiger partial charge on any atom is -0.341 e. The van der Waals surface area contributed by atoms with Gasteiger partial charge in [0.05, 0.1) is 0 Å². The number of nitrogens with two attached hydrogens (primary N) is 1. The third-order valence-corrected chi connectivity index (χ3v) is 3.85. The van der Waals surface area contributed by atoms with E-state index >= 15 is 0 Å². The number of likely N-dealkylation sites (tertiary alicyclic amines) is 1. The van der Waals surface area contributed by atoms with Crippen LogP contribution in [0, 0.1) is 5.41 Å². The Morgan fingerprint density at radius 1 is 1.22 bits per heavy atom. The zero-order valence-electron chi connectivity index (χ0n) is 11.2. The van der Waals surface area contributed by atoms with Gasteiger partial charge in [-0.1, -0.05) is 44.2 Å². The summed E-state index contributed by atoms with van der Waals surface area (Å²) < 4.78 is 0. The van der Waals surface area contributed by atoms with Crippen molar-refractivity contribution in [3.05, 3.63) is 35.9 Å². The first kappa shape index (κ1) is 13.1. The number of nitrogens with zero attached hydrogens (tertiary/aromatic N) is 1. The van der Waals surface area contributed by atoms with Crippen LogP contribution in [0.15, 0.2) is 30.3 Å². The first-order valence-corrected chi connectivity index (χ1v) is 6.59. The molecule has 1 aliphatic heterocycles. The van der Waals surface area contributed by atoms with E-state index in [1.54, 1.807) is 0 Å². The van der Waals surface area contributed by atoms with Gasteiger partial charge in [0.1, 0.15) is 6.04 Å². The topological polar surface area (TPSA) is 46.3 Å². The SMILES string of the molecule is CC1(C)CCN(C(=O)C(N)c2ccccc2)CC1. The Hall–Kier alpha value is -1.35. The number of hydrogen-bond donors (Lipinski definition) is 1. The number of benzene rings is 1. The summed E-state index contributed by atoms with van der Waals surface area (Å²) in [5, 5.41) is 0. The van der Waals surface area contributed by atoms with E-state index in [0.29, 0.717) is 5.41 Å². The first-order valence-electron chi connectivity index (χ1n) is 6.59. The van der Waals surface area contributed by atoms with Crippen molar-refractivity contribution in [1.82, 2.24) is 4.90 Å². The van der Waals surface area contributed by atoms with Crippen LogP contribution in [0.2, 0.25) is 0 Å². The Balaban J connectivity index is 2.00. The van der Waals surface area contributed by atoms with Gasteiger partial charge in [-0.25, -0.2) is 0 Å². The molecule has 0 bridgehead atoms. The number of rotatable bonds is 2. The summed E-state index contributed by atoms with van der Waals surface area (Å²) >= 11 is 0. The van der Waals surface area contributed by atoms with Crippen molar-refractivity contribution in [3.8, 4) is 0 Å². The van der Waals surface area contributed by atoms with Gasteiger partial charge in [0.2, 0.25) is 5.91 Å². The molecule has 1 heterocycles. The van der Waals surface area contributed by atoms with Crippen LogP contribution >= 0.6 is 0 Å². The summed E-state index contributed by atoms with van der Waals surface area (Å²) in [6.07, 6.45) is 2.11. The molecule has 1 aromatic carbocycles. The predicted octanol–water partition coefficient (Wildman–Crippen LogP) is 2.33. The van der Waals surface area contributed by atoms with Gasteiger partial charge in [-0.15, -0.1) is 0 Å². The number of carbonyl (C=O) groups is 1. The van der Waals surface area contributed by atoms with Gasteiger partial charge >= 0.3 is 0 Å². The second-order valence-electron chi connectivity index (χ2n) is 5.88. The molecule has 2 rings (SSSR count). The second-order valence-corrected chi connectivity index (χ2v) is 5.88. The zero-order valence-corrected chi connectivity index (χ0v) is 11.2. The maximum atomic E-state index is 12.3. The fourth-order valence-electron chi connectivity index (χ4n) is 2.33. The lowest BCUT2D eigenvalue weighted by Crippen LogP contribution is -2.45. The van der Waals surface area contributed by atoms with Gasteiger partial charge in [-0.2, -0.15) is 0 Å². The van der Waals surface area contributed by atoms with Gasteiger partial charge in [-0.3, -0.25) is 4.79 Å². The smallest absolute Gasteiger partial charge is 0.244 e. The second kappa shape index (κ2) is 5.11. The Kier molecular flexibility index (Phi) is 3.71. The summed E-state index contributed by atoms with van der Waals surface area (Å²) in [5.41, 5.74) is 7.30. The molecule has 1 aromatic rings. The molecular formula is C15H22N2O. The van der Waals surface area contributed by atoms with Crippen LogP contribution in [0.1, 0.15) is 38.3 Å². The standard InChI is InChI=1S/C15H22N2O/c1-15(2)8-10-17(11-9-15)14(18)13(16)12-6-4-3-5-7-12/h3-7,13H,8-11,16H2,1-2H3. The summed E-state index contributed by atoms with van der Waals surface area (Å²) in [4.78, 5) is 14.2. The fourth-order valence-corrected chi connectivity index (χ4v) is 2.33. The third kappa shape index (κ3) is 2.91. The van der Waals surface area contributed by atoms with Crippen molar-refractivity contribution in [3.63, 3.8) is 0 Å². The van der Waals surface area contributed by atoms with Gasteiger partial charge in [0.25, 0.3) is 0 Å². The van der Waals surface area contributed by atoms with Crippen LogP contribution in [0.25, 0.3) is 0 Å².